The zero-order chi connectivity index (χ0) is 19.9. The van der Waals surface area contributed by atoms with E-state index in [0.717, 1.165) is 36.3 Å². The van der Waals surface area contributed by atoms with Crippen LogP contribution in [-0.4, -0.2) is 37.4 Å². The van der Waals surface area contributed by atoms with Crippen molar-refractivity contribution >= 4 is 17.4 Å². The predicted octanol–water partition coefficient (Wildman–Crippen LogP) is 1.83. The number of amidine groups is 1. The fraction of sp³-hybridized carbons (Fsp3) is 0.273. The smallest absolute Gasteiger partial charge is 0.251 e. The lowest BCUT2D eigenvalue weighted by molar-refractivity contribution is 0.0939. The summed E-state index contributed by atoms with van der Waals surface area (Å²) in [5.41, 5.74) is 9.55. The lowest BCUT2D eigenvalue weighted by atomic mass is 10.0. The molecule has 6 heteroatoms. The van der Waals surface area contributed by atoms with Crippen molar-refractivity contribution in [1.29, 1.82) is 5.41 Å². The van der Waals surface area contributed by atoms with Gasteiger partial charge >= 0.3 is 0 Å². The van der Waals surface area contributed by atoms with Crippen LogP contribution in [0, 0.1) is 24.2 Å². The Kier molecular flexibility index (Phi) is 6.30. The summed E-state index contributed by atoms with van der Waals surface area (Å²) in [6, 6.07) is 13.2. The number of anilines is 1. The van der Waals surface area contributed by atoms with Gasteiger partial charge in [0.05, 0.1) is 6.54 Å². The standard InChI is InChI=1S/C22H25N5O/c1-15-13-16(4-9-20(15)22(28)27-19-10-12-25-14-19)3-2-11-26-18-7-5-17(6-8-18)21(23)24/h4-9,13,19,25-26H,10-12,14H2,1H3,(H3,23,24)(H,27,28). The van der Waals surface area contributed by atoms with Crippen LogP contribution in [0.5, 0.6) is 0 Å². The monoisotopic (exact) mass is 375 g/mol. The Morgan fingerprint density at radius 3 is 2.71 bits per heavy atom. The fourth-order valence-electron chi connectivity index (χ4n) is 3.10. The molecule has 1 saturated heterocycles. The summed E-state index contributed by atoms with van der Waals surface area (Å²) in [5.74, 6) is 6.23. The third kappa shape index (κ3) is 5.12. The Morgan fingerprint density at radius 1 is 1.29 bits per heavy atom. The Bertz CT molecular complexity index is 918. The van der Waals surface area contributed by atoms with E-state index in [1.807, 2.05) is 37.3 Å². The average Bonchev–Trinajstić information content (AvgIpc) is 3.18. The van der Waals surface area contributed by atoms with E-state index in [4.69, 9.17) is 11.1 Å². The van der Waals surface area contributed by atoms with E-state index in [0.29, 0.717) is 17.7 Å². The highest BCUT2D eigenvalue weighted by Crippen LogP contribution is 2.12. The van der Waals surface area contributed by atoms with Crippen LogP contribution in [0.25, 0.3) is 0 Å². The van der Waals surface area contributed by atoms with Crippen LogP contribution in [0.2, 0.25) is 0 Å². The summed E-state index contributed by atoms with van der Waals surface area (Å²) < 4.78 is 0. The molecule has 1 aliphatic rings. The maximum absolute atomic E-state index is 12.4. The number of carbonyl (C=O) groups excluding carboxylic acids is 1. The topological polar surface area (TPSA) is 103 Å². The number of nitrogen functional groups attached to an aromatic ring is 1. The minimum absolute atomic E-state index is 0.0265. The molecule has 1 amide bonds. The molecule has 0 aromatic heterocycles. The summed E-state index contributed by atoms with van der Waals surface area (Å²) in [7, 11) is 0. The molecule has 0 bridgehead atoms. The highest BCUT2D eigenvalue weighted by atomic mass is 16.1. The molecule has 144 valence electrons. The van der Waals surface area contributed by atoms with Gasteiger partial charge in [-0.25, -0.2) is 0 Å². The minimum Gasteiger partial charge on any atom is -0.384 e. The number of benzene rings is 2. The van der Waals surface area contributed by atoms with E-state index in [1.54, 1.807) is 12.1 Å². The van der Waals surface area contributed by atoms with Crippen LogP contribution in [0.1, 0.15) is 33.5 Å². The first-order valence-corrected chi connectivity index (χ1v) is 9.32. The number of nitrogens with one attached hydrogen (secondary N) is 4. The first kappa shape index (κ1) is 19.5. The van der Waals surface area contributed by atoms with Crippen LogP contribution >= 0.6 is 0 Å². The Balaban J connectivity index is 1.55. The van der Waals surface area contributed by atoms with Gasteiger partial charge in [0.15, 0.2) is 0 Å². The predicted molar refractivity (Wildman–Crippen MR) is 113 cm³/mol. The van der Waals surface area contributed by atoms with Crippen molar-refractivity contribution in [3.05, 3.63) is 64.7 Å². The molecule has 0 radical (unpaired) electrons. The number of hydrogen-bond acceptors (Lipinski definition) is 4. The zero-order valence-corrected chi connectivity index (χ0v) is 15.9. The molecule has 1 aliphatic heterocycles. The molecule has 1 fully saturated rings. The first-order chi connectivity index (χ1) is 13.5. The molecule has 3 rings (SSSR count). The number of carbonyl (C=O) groups is 1. The molecule has 6 N–H and O–H groups in total. The summed E-state index contributed by atoms with van der Waals surface area (Å²) in [6.45, 7) is 4.21. The van der Waals surface area contributed by atoms with Crippen molar-refractivity contribution in [2.75, 3.05) is 25.0 Å². The summed E-state index contributed by atoms with van der Waals surface area (Å²) in [6.07, 6.45) is 0.971. The van der Waals surface area contributed by atoms with Crippen molar-refractivity contribution in [3.63, 3.8) is 0 Å². The lowest BCUT2D eigenvalue weighted by Crippen LogP contribution is -2.36. The Morgan fingerprint density at radius 2 is 2.07 bits per heavy atom. The molecule has 0 saturated carbocycles. The number of nitrogens with two attached hydrogens (primary N) is 1. The van der Waals surface area contributed by atoms with E-state index in [2.05, 4.69) is 27.8 Å². The van der Waals surface area contributed by atoms with E-state index < -0.39 is 0 Å². The highest BCUT2D eigenvalue weighted by Gasteiger charge is 2.18. The van der Waals surface area contributed by atoms with Crippen LogP contribution in [-0.2, 0) is 0 Å². The van der Waals surface area contributed by atoms with Gasteiger partial charge in [0.1, 0.15) is 5.84 Å². The van der Waals surface area contributed by atoms with Gasteiger partial charge < -0.3 is 21.7 Å². The molecule has 6 nitrogen and oxygen atoms in total. The summed E-state index contributed by atoms with van der Waals surface area (Å²) >= 11 is 0. The molecule has 1 heterocycles. The molecule has 2 aromatic carbocycles. The van der Waals surface area contributed by atoms with Gasteiger partial charge in [0.25, 0.3) is 5.91 Å². The maximum atomic E-state index is 12.4. The second kappa shape index (κ2) is 9.07. The average molecular weight is 375 g/mol. The van der Waals surface area contributed by atoms with Gasteiger partial charge in [0, 0.05) is 35.0 Å². The van der Waals surface area contributed by atoms with E-state index in [1.165, 1.54) is 0 Å². The van der Waals surface area contributed by atoms with Gasteiger partial charge in [-0.15, -0.1) is 0 Å². The normalized spacial score (nSPS) is 15.4. The Hall–Kier alpha value is -3.30. The quantitative estimate of drug-likeness (QED) is 0.312. The molecule has 28 heavy (non-hydrogen) atoms. The van der Waals surface area contributed by atoms with Crippen molar-refractivity contribution in [3.8, 4) is 11.8 Å². The third-order valence-electron chi connectivity index (χ3n) is 4.68. The first-order valence-electron chi connectivity index (χ1n) is 9.32. The van der Waals surface area contributed by atoms with E-state index in [9.17, 15) is 4.79 Å². The second-order valence-corrected chi connectivity index (χ2v) is 6.84. The van der Waals surface area contributed by atoms with Crippen molar-refractivity contribution in [2.24, 2.45) is 5.73 Å². The van der Waals surface area contributed by atoms with Gasteiger partial charge in [-0.2, -0.15) is 0 Å². The van der Waals surface area contributed by atoms with Crippen LogP contribution < -0.4 is 21.7 Å². The van der Waals surface area contributed by atoms with Gasteiger partial charge in [0.2, 0.25) is 0 Å². The SMILES string of the molecule is Cc1cc(C#CCNc2ccc(C(=N)N)cc2)ccc1C(=O)NC1CCNC1. The van der Waals surface area contributed by atoms with Crippen molar-refractivity contribution in [1.82, 2.24) is 10.6 Å². The molecule has 1 unspecified atom stereocenters. The molecular weight excluding hydrogens is 350 g/mol. The van der Waals surface area contributed by atoms with Crippen molar-refractivity contribution in [2.45, 2.75) is 19.4 Å². The number of rotatable bonds is 5. The zero-order valence-electron chi connectivity index (χ0n) is 15.9. The fourth-order valence-corrected chi connectivity index (χ4v) is 3.10. The number of hydrogen-bond donors (Lipinski definition) is 5. The van der Waals surface area contributed by atoms with E-state index in [-0.39, 0.29) is 17.8 Å². The van der Waals surface area contributed by atoms with Crippen molar-refractivity contribution < 1.29 is 4.79 Å². The number of aryl methyl sites for hydroxylation is 1. The second-order valence-electron chi connectivity index (χ2n) is 6.84. The van der Waals surface area contributed by atoms with Crippen LogP contribution in [0.4, 0.5) is 5.69 Å². The maximum Gasteiger partial charge on any atom is 0.251 e. The lowest BCUT2D eigenvalue weighted by Gasteiger charge is -2.12. The summed E-state index contributed by atoms with van der Waals surface area (Å²) in [4.78, 5) is 12.4. The van der Waals surface area contributed by atoms with Crippen LogP contribution in [0.15, 0.2) is 42.5 Å². The summed E-state index contributed by atoms with van der Waals surface area (Å²) in [5, 5.41) is 16.9. The molecule has 2 aromatic rings. The van der Waals surface area contributed by atoms with Crippen LogP contribution in [0.3, 0.4) is 0 Å². The largest absolute Gasteiger partial charge is 0.384 e. The Labute approximate surface area is 165 Å². The van der Waals surface area contributed by atoms with Gasteiger partial charge in [-0.05, 0) is 67.9 Å². The molecule has 1 atom stereocenters. The van der Waals surface area contributed by atoms with E-state index >= 15 is 0 Å². The molecule has 0 aliphatic carbocycles. The molecule has 0 spiro atoms. The van der Waals surface area contributed by atoms with Gasteiger partial charge in [-0.3, -0.25) is 10.2 Å². The van der Waals surface area contributed by atoms with Gasteiger partial charge in [-0.1, -0.05) is 11.8 Å². The third-order valence-corrected chi connectivity index (χ3v) is 4.68. The number of amides is 1. The molecular formula is C22H25N5O. The minimum atomic E-state index is -0.0265. The highest BCUT2D eigenvalue weighted by molar-refractivity contribution is 5.96.